The molecular formula is C18H36N4O. The number of nitrogens with one attached hydrogen (secondary N) is 1. The van der Waals surface area contributed by atoms with Gasteiger partial charge in [-0.2, -0.15) is 0 Å². The highest BCUT2D eigenvalue weighted by Gasteiger charge is 2.32. The van der Waals surface area contributed by atoms with Crippen molar-refractivity contribution in [2.75, 3.05) is 47.3 Å². The van der Waals surface area contributed by atoms with Crippen molar-refractivity contribution in [3.8, 4) is 0 Å². The maximum absolute atomic E-state index is 12.3. The molecule has 0 aromatic heterocycles. The molecule has 0 aromatic carbocycles. The van der Waals surface area contributed by atoms with E-state index in [4.69, 9.17) is 0 Å². The van der Waals surface area contributed by atoms with Gasteiger partial charge in [-0.3, -0.25) is 4.90 Å². The maximum atomic E-state index is 12.3. The second-order valence-electron chi connectivity index (χ2n) is 8.33. The van der Waals surface area contributed by atoms with E-state index in [0.29, 0.717) is 12.6 Å². The largest absolute Gasteiger partial charge is 0.336 e. The summed E-state index contributed by atoms with van der Waals surface area (Å²) in [4.78, 5) is 19.0. The fourth-order valence-corrected chi connectivity index (χ4v) is 3.67. The first kappa shape index (κ1) is 18.5. The van der Waals surface area contributed by atoms with Gasteiger partial charge in [0, 0.05) is 44.8 Å². The van der Waals surface area contributed by atoms with Crippen LogP contribution in [0.3, 0.4) is 0 Å². The predicted octanol–water partition coefficient (Wildman–Crippen LogP) is 2.23. The Morgan fingerprint density at radius 3 is 2.22 bits per heavy atom. The highest BCUT2D eigenvalue weighted by atomic mass is 16.2. The summed E-state index contributed by atoms with van der Waals surface area (Å²) < 4.78 is 0. The number of rotatable bonds is 6. The number of urea groups is 1. The third kappa shape index (κ3) is 5.08. The molecule has 1 heterocycles. The second kappa shape index (κ2) is 7.84. The zero-order valence-corrected chi connectivity index (χ0v) is 15.8. The Kier molecular flexibility index (Phi) is 6.32. The summed E-state index contributed by atoms with van der Waals surface area (Å²) in [6, 6.07) is 0.776. The van der Waals surface area contributed by atoms with Crippen molar-refractivity contribution in [3.63, 3.8) is 0 Å². The van der Waals surface area contributed by atoms with Crippen LogP contribution in [0.2, 0.25) is 0 Å². The average molecular weight is 325 g/mol. The van der Waals surface area contributed by atoms with Crippen LogP contribution in [0.5, 0.6) is 0 Å². The average Bonchev–Trinajstić information content (AvgIpc) is 2.48. The summed E-state index contributed by atoms with van der Waals surface area (Å²) in [6.45, 7) is 8.34. The molecule has 2 amide bonds. The molecule has 1 aliphatic heterocycles. The molecule has 1 aliphatic carbocycles. The molecule has 0 spiro atoms. The molecule has 0 unspecified atom stereocenters. The van der Waals surface area contributed by atoms with Crippen LogP contribution in [-0.4, -0.2) is 79.6 Å². The quantitative estimate of drug-likeness (QED) is 0.814. The Balaban J connectivity index is 1.73. The van der Waals surface area contributed by atoms with Gasteiger partial charge in [0.2, 0.25) is 0 Å². The van der Waals surface area contributed by atoms with Gasteiger partial charge in [-0.05, 0) is 59.5 Å². The van der Waals surface area contributed by atoms with Gasteiger partial charge < -0.3 is 15.1 Å². The predicted molar refractivity (Wildman–Crippen MR) is 95.7 cm³/mol. The van der Waals surface area contributed by atoms with E-state index in [9.17, 15) is 4.79 Å². The normalized spacial score (nSPS) is 21.3. The van der Waals surface area contributed by atoms with Crippen LogP contribution in [0.25, 0.3) is 0 Å². The monoisotopic (exact) mass is 324 g/mol. The lowest BCUT2D eigenvalue weighted by atomic mass is 9.85. The minimum Gasteiger partial charge on any atom is -0.336 e. The van der Waals surface area contributed by atoms with Crippen molar-refractivity contribution in [2.24, 2.45) is 5.92 Å². The molecular weight excluding hydrogens is 288 g/mol. The first-order valence-electron chi connectivity index (χ1n) is 9.20. The summed E-state index contributed by atoms with van der Waals surface area (Å²) >= 11 is 0. The molecule has 0 radical (unpaired) electrons. The van der Waals surface area contributed by atoms with Gasteiger partial charge in [0.05, 0.1) is 0 Å². The number of hydrogen-bond acceptors (Lipinski definition) is 3. The fraction of sp³-hybridized carbons (Fsp3) is 0.944. The molecule has 134 valence electrons. The van der Waals surface area contributed by atoms with Gasteiger partial charge >= 0.3 is 6.03 Å². The Hall–Kier alpha value is -0.810. The van der Waals surface area contributed by atoms with Crippen LogP contribution >= 0.6 is 0 Å². The zero-order chi connectivity index (χ0) is 17.0. The van der Waals surface area contributed by atoms with Crippen LogP contribution in [0, 0.1) is 5.92 Å². The van der Waals surface area contributed by atoms with Crippen molar-refractivity contribution in [3.05, 3.63) is 0 Å². The SMILES string of the molecule is CN(CC1CCC1)C(=O)NCC(C)(C)N1CCC(N(C)C)CC1. The first-order valence-corrected chi connectivity index (χ1v) is 9.20. The molecule has 0 aromatic rings. The van der Waals surface area contributed by atoms with Crippen molar-refractivity contribution < 1.29 is 4.79 Å². The minimum atomic E-state index is 0.0181. The molecule has 1 N–H and O–H groups in total. The molecule has 23 heavy (non-hydrogen) atoms. The molecule has 1 saturated heterocycles. The van der Waals surface area contributed by atoms with Gasteiger partial charge in [0.1, 0.15) is 0 Å². The van der Waals surface area contributed by atoms with Gasteiger partial charge in [-0.25, -0.2) is 4.79 Å². The van der Waals surface area contributed by atoms with Crippen LogP contribution in [0.15, 0.2) is 0 Å². The third-order valence-corrected chi connectivity index (χ3v) is 5.83. The number of hydrogen-bond donors (Lipinski definition) is 1. The van der Waals surface area contributed by atoms with Gasteiger partial charge in [-0.1, -0.05) is 6.42 Å². The number of nitrogens with zero attached hydrogens (tertiary/aromatic N) is 3. The third-order valence-electron chi connectivity index (χ3n) is 5.83. The van der Waals surface area contributed by atoms with Crippen LogP contribution in [-0.2, 0) is 0 Å². The van der Waals surface area contributed by atoms with E-state index in [1.165, 1.54) is 32.1 Å². The van der Waals surface area contributed by atoms with E-state index in [1.54, 1.807) is 0 Å². The summed E-state index contributed by atoms with van der Waals surface area (Å²) in [5.74, 6) is 0.726. The van der Waals surface area contributed by atoms with Gasteiger partial charge in [0.25, 0.3) is 0 Å². The number of carbonyl (C=O) groups excluding carboxylic acids is 1. The van der Waals surface area contributed by atoms with Crippen molar-refractivity contribution >= 4 is 6.03 Å². The highest BCUT2D eigenvalue weighted by molar-refractivity contribution is 5.73. The highest BCUT2D eigenvalue weighted by Crippen LogP contribution is 2.27. The zero-order valence-electron chi connectivity index (χ0n) is 15.8. The van der Waals surface area contributed by atoms with E-state index >= 15 is 0 Å². The second-order valence-corrected chi connectivity index (χ2v) is 8.33. The first-order chi connectivity index (χ1) is 10.8. The Bertz CT molecular complexity index is 384. The lowest BCUT2D eigenvalue weighted by Gasteiger charge is -2.44. The van der Waals surface area contributed by atoms with Gasteiger partial charge in [-0.15, -0.1) is 0 Å². The summed E-state index contributed by atoms with van der Waals surface area (Å²) in [5, 5.41) is 3.14. The summed E-state index contributed by atoms with van der Waals surface area (Å²) in [7, 11) is 6.26. The van der Waals surface area contributed by atoms with E-state index < -0.39 is 0 Å². The van der Waals surface area contributed by atoms with E-state index in [2.05, 4.69) is 43.1 Å². The van der Waals surface area contributed by atoms with E-state index in [0.717, 1.165) is 25.6 Å². The minimum absolute atomic E-state index is 0.0181. The molecule has 5 heteroatoms. The van der Waals surface area contributed by atoms with Crippen molar-refractivity contribution in [1.29, 1.82) is 0 Å². The van der Waals surface area contributed by atoms with Gasteiger partial charge in [0.15, 0.2) is 0 Å². The molecule has 1 saturated carbocycles. The fourth-order valence-electron chi connectivity index (χ4n) is 3.67. The summed E-state index contributed by atoms with van der Waals surface area (Å²) in [5.41, 5.74) is 0.0181. The molecule has 5 nitrogen and oxygen atoms in total. The Morgan fingerprint density at radius 1 is 1.13 bits per heavy atom. The van der Waals surface area contributed by atoms with Crippen LogP contribution < -0.4 is 5.32 Å². The summed E-state index contributed by atoms with van der Waals surface area (Å²) in [6.07, 6.45) is 6.32. The smallest absolute Gasteiger partial charge is 0.317 e. The maximum Gasteiger partial charge on any atom is 0.317 e. The van der Waals surface area contributed by atoms with Crippen molar-refractivity contribution in [2.45, 2.75) is 57.5 Å². The number of amides is 2. The Morgan fingerprint density at radius 2 is 1.74 bits per heavy atom. The molecule has 0 atom stereocenters. The molecule has 2 fully saturated rings. The Labute approximate surface area is 142 Å². The number of likely N-dealkylation sites (tertiary alicyclic amines) is 1. The molecule has 2 aliphatic rings. The van der Waals surface area contributed by atoms with Crippen LogP contribution in [0.1, 0.15) is 46.0 Å². The molecule has 2 rings (SSSR count). The topological polar surface area (TPSA) is 38.8 Å². The molecule has 0 bridgehead atoms. The van der Waals surface area contributed by atoms with Crippen LogP contribution in [0.4, 0.5) is 4.79 Å². The van der Waals surface area contributed by atoms with Crippen molar-refractivity contribution in [1.82, 2.24) is 20.0 Å². The number of piperidine rings is 1. The standard InChI is InChI=1S/C18H36N4O/c1-18(2,22-11-9-16(10-12-22)20(3)4)14-19-17(23)21(5)13-15-7-6-8-15/h15-16H,6-14H2,1-5H3,(H,19,23). The van der Waals surface area contributed by atoms with E-state index in [-0.39, 0.29) is 11.6 Å². The van der Waals surface area contributed by atoms with E-state index in [1.807, 2.05) is 11.9 Å². The number of carbonyl (C=O) groups is 1. The lowest BCUT2D eigenvalue weighted by molar-refractivity contribution is 0.0620. The lowest BCUT2D eigenvalue weighted by Crippen LogP contribution is -2.57.